The summed E-state index contributed by atoms with van der Waals surface area (Å²) in [5.41, 5.74) is 2.59. The monoisotopic (exact) mass is 300 g/mol. The summed E-state index contributed by atoms with van der Waals surface area (Å²) >= 11 is 1.93. The molecule has 0 fully saturated rings. The zero-order valence-electron chi connectivity index (χ0n) is 12.7. The van der Waals surface area contributed by atoms with Crippen LogP contribution in [0.25, 0.3) is 0 Å². The number of aromatic nitrogens is 1. The molecule has 0 bridgehead atoms. The molecule has 0 aliphatic heterocycles. The molecule has 0 saturated carbocycles. The SMILES string of the molecule is CSCCCCCNC(c1ccccc1)c1ccncc1. The van der Waals surface area contributed by atoms with Crippen LogP contribution in [-0.2, 0) is 0 Å². The Morgan fingerprint density at radius 3 is 2.38 bits per heavy atom. The molecule has 2 aromatic rings. The van der Waals surface area contributed by atoms with Gasteiger partial charge in [-0.1, -0.05) is 36.8 Å². The van der Waals surface area contributed by atoms with Crippen molar-refractivity contribution in [3.8, 4) is 0 Å². The summed E-state index contributed by atoms with van der Waals surface area (Å²) < 4.78 is 0. The fourth-order valence-electron chi connectivity index (χ4n) is 2.42. The number of rotatable bonds is 9. The smallest absolute Gasteiger partial charge is 0.0577 e. The molecule has 21 heavy (non-hydrogen) atoms. The lowest BCUT2D eigenvalue weighted by Crippen LogP contribution is -2.23. The predicted molar refractivity (Wildman–Crippen MR) is 92.8 cm³/mol. The van der Waals surface area contributed by atoms with Crippen LogP contribution in [0.5, 0.6) is 0 Å². The van der Waals surface area contributed by atoms with E-state index in [1.54, 1.807) is 0 Å². The molecule has 1 unspecified atom stereocenters. The zero-order valence-corrected chi connectivity index (χ0v) is 13.5. The first-order valence-electron chi connectivity index (χ1n) is 7.59. The van der Waals surface area contributed by atoms with Gasteiger partial charge in [0.05, 0.1) is 6.04 Å². The third-order valence-electron chi connectivity index (χ3n) is 3.55. The highest BCUT2D eigenvalue weighted by molar-refractivity contribution is 7.98. The maximum atomic E-state index is 4.12. The molecule has 1 aromatic heterocycles. The average Bonchev–Trinajstić information content (AvgIpc) is 2.56. The van der Waals surface area contributed by atoms with Crippen molar-refractivity contribution in [3.63, 3.8) is 0 Å². The molecule has 0 aliphatic carbocycles. The van der Waals surface area contributed by atoms with Crippen LogP contribution in [0.4, 0.5) is 0 Å². The van der Waals surface area contributed by atoms with E-state index in [2.05, 4.69) is 59.0 Å². The Bertz CT molecular complexity index is 448. The summed E-state index contributed by atoms with van der Waals surface area (Å²) in [5, 5.41) is 3.69. The summed E-state index contributed by atoms with van der Waals surface area (Å²) in [6, 6.07) is 15.1. The molecule has 2 rings (SSSR count). The number of nitrogens with zero attached hydrogens (tertiary/aromatic N) is 1. The maximum absolute atomic E-state index is 4.12. The van der Waals surface area contributed by atoms with Crippen LogP contribution < -0.4 is 5.32 Å². The van der Waals surface area contributed by atoms with Crippen molar-refractivity contribution >= 4 is 11.8 Å². The number of thioether (sulfide) groups is 1. The third kappa shape index (κ3) is 5.52. The quantitative estimate of drug-likeness (QED) is 0.699. The summed E-state index contributed by atoms with van der Waals surface area (Å²) in [5.74, 6) is 1.27. The van der Waals surface area contributed by atoms with E-state index in [-0.39, 0.29) is 6.04 Å². The summed E-state index contributed by atoms with van der Waals surface area (Å²) in [7, 11) is 0. The van der Waals surface area contributed by atoms with Crippen molar-refractivity contribution < 1.29 is 0 Å². The van der Waals surface area contributed by atoms with Crippen molar-refractivity contribution in [2.75, 3.05) is 18.6 Å². The van der Waals surface area contributed by atoms with Gasteiger partial charge in [-0.05, 0) is 54.7 Å². The highest BCUT2D eigenvalue weighted by Gasteiger charge is 2.12. The minimum Gasteiger partial charge on any atom is -0.306 e. The van der Waals surface area contributed by atoms with E-state index in [0.717, 1.165) is 6.54 Å². The number of hydrogen-bond acceptors (Lipinski definition) is 3. The minimum atomic E-state index is 0.259. The van der Waals surface area contributed by atoms with E-state index in [9.17, 15) is 0 Å². The van der Waals surface area contributed by atoms with Gasteiger partial charge in [0.15, 0.2) is 0 Å². The van der Waals surface area contributed by atoms with E-state index in [4.69, 9.17) is 0 Å². The van der Waals surface area contributed by atoms with Gasteiger partial charge in [-0.15, -0.1) is 0 Å². The van der Waals surface area contributed by atoms with Gasteiger partial charge in [0.2, 0.25) is 0 Å². The fraction of sp³-hybridized carbons (Fsp3) is 0.389. The Balaban J connectivity index is 1.94. The van der Waals surface area contributed by atoms with Crippen molar-refractivity contribution in [1.29, 1.82) is 0 Å². The lowest BCUT2D eigenvalue weighted by molar-refractivity contribution is 0.566. The van der Waals surface area contributed by atoms with Gasteiger partial charge in [0, 0.05) is 12.4 Å². The lowest BCUT2D eigenvalue weighted by Gasteiger charge is -2.19. The second kappa shape index (κ2) is 9.59. The van der Waals surface area contributed by atoms with E-state index < -0.39 is 0 Å². The van der Waals surface area contributed by atoms with Crippen LogP contribution >= 0.6 is 11.8 Å². The molecule has 0 amide bonds. The van der Waals surface area contributed by atoms with Gasteiger partial charge in [-0.25, -0.2) is 0 Å². The lowest BCUT2D eigenvalue weighted by atomic mass is 9.99. The number of hydrogen-bond donors (Lipinski definition) is 1. The topological polar surface area (TPSA) is 24.9 Å². The largest absolute Gasteiger partial charge is 0.306 e. The first kappa shape index (κ1) is 16.1. The molecule has 1 aromatic carbocycles. The van der Waals surface area contributed by atoms with Gasteiger partial charge in [-0.3, -0.25) is 4.98 Å². The number of nitrogens with one attached hydrogen (secondary N) is 1. The molecule has 3 heteroatoms. The van der Waals surface area contributed by atoms with Crippen LogP contribution in [0.2, 0.25) is 0 Å². The number of pyridine rings is 1. The first-order valence-corrected chi connectivity index (χ1v) is 8.98. The number of unbranched alkanes of at least 4 members (excludes halogenated alkanes) is 2. The number of benzene rings is 1. The normalized spacial score (nSPS) is 12.2. The molecule has 112 valence electrons. The molecular weight excluding hydrogens is 276 g/mol. The van der Waals surface area contributed by atoms with Crippen LogP contribution in [0.1, 0.15) is 36.4 Å². The minimum absolute atomic E-state index is 0.259. The molecule has 0 saturated heterocycles. The van der Waals surface area contributed by atoms with Gasteiger partial charge in [0.25, 0.3) is 0 Å². The second-order valence-corrected chi connectivity index (χ2v) is 6.12. The van der Waals surface area contributed by atoms with E-state index in [0.29, 0.717) is 0 Å². The molecule has 0 spiro atoms. The van der Waals surface area contributed by atoms with Crippen molar-refractivity contribution in [3.05, 3.63) is 66.0 Å². The Kier molecular flexibility index (Phi) is 7.33. The summed E-state index contributed by atoms with van der Waals surface area (Å²) in [4.78, 5) is 4.12. The van der Waals surface area contributed by atoms with E-state index in [1.807, 2.05) is 24.2 Å². The molecule has 1 heterocycles. The van der Waals surface area contributed by atoms with Gasteiger partial charge >= 0.3 is 0 Å². The standard InChI is InChI=1S/C18H24N2S/c1-21-15-7-3-6-12-20-18(16-8-4-2-5-9-16)17-10-13-19-14-11-17/h2,4-5,8-11,13-14,18,20H,3,6-7,12,15H2,1H3. The highest BCUT2D eigenvalue weighted by Crippen LogP contribution is 2.21. The second-order valence-electron chi connectivity index (χ2n) is 5.13. The molecule has 1 atom stereocenters. The van der Waals surface area contributed by atoms with Gasteiger partial charge < -0.3 is 5.32 Å². The van der Waals surface area contributed by atoms with Crippen molar-refractivity contribution in [2.24, 2.45) is 0 Å². The first-order chi connectivity index (χ1) is 10.4. The van der Waals surface area contributed by atoms with Crippen molar-refractivity contribution in [1.82, 2.24) is 10.3 Å². The van der Waals surface area contributed by atoms with E-state index >= 15 is 0 Å². The van der Waals surface area contributed by atoms with Gasteiger partial charge in [0.1, 0.15) is 0 Å². The van der Waals surface area contributed by atoms with Crippen LogP contribution in [-0.4, -0.2) is 23.5 Å². The molecule has 2 nitrogen and oxygen atoms in total. The van der Waals surface area contributed by atoms with Crippen LogP contribution in [0.3, 0.4) is 0 Å². The molecule has 1 N–H and O–H groups in total. The Labute approximate surface area is 132 Å². The zero-order chi connectivity index (χ0) is 14.8. The molecule has 0 aliphatic rings. The van der Waals surface area contributed by atoms with Crippen molar-refractivity contribution in [2.45, 2.75) is 25.3 Å². The Morgan fingerprint density at radius 2 is 1.67 bits per heavy atom. The highest BCUT2D eigenvalue weighted by atomic mass is 32.2. The maximum Gasteiger partial charge on any atom is 0.0577 e. The summed E-state index contributed by atoms with van der Waals surface area (Å²) in [6.07, 6.45) is 9.75. The third-order valence-corrected chi connectivity index (χ3v) is 4.24. The molecular formula is C18H24N2S. The summed E-state index contributed by atoms with van der Waals surface area (Å²) in [6.45, 7) is 1.05. The van der Waals surface area contributed by atoms with Crippen LogP contribution in [0.15, 0.2) is 54.9 Å². The fourth-order valence-corrected chi connectivity index (χ4v) is 2.92. The Hall–Kier alpha value is -1.32. The average molecular weight is 300 g/mol. The van der Waals surface area contributed by atoms with Gasteiger partial charge in [-0.2, -0.15) is 11.8 Å². The van der Waals surface area contributed by atoms with E-state index in [1.165, 1.54) is 36.1 Å². The molecule has 0 radical (unpaired) electrons. The predicted octanol–water partition coefficient (Wildman–Crippen LogP) is 4.29. The van der Waals surface area contributed by atoms with Crippen LogP contribution in [0, 0.1) is 0 Å². The Morgan fingerprint density at radius 1 is 0.952 bits per heavy atom.